The highest BCUT2D eigenvalue weighted by Crippen LogP contribution is 2.61. The van der Waals surface area contributed by atoms with E-state index in [9.17, 15) is 4.79 Å². The lowest BCUT2D eigenvalue weighted by molar-refractivity contribution is -0.145. The molecule has 0 spiro atoms. The first-order valence-corrected chi connectivity index (χ1v) is 12.0. The van der Waals surface area contributed by atoms with E-state index in [0.29, 0.717) is 11.8 Å². The van der Waals surface area contributed by atoms with Gasteiger partial charge in [-0.25, -0.2) is 0 Å². The molecular formula is C26H42N2O2. The van der Waals surface area contributed by atoms with Crippen LogP contribution < -0.4 is 5.32 Å². The van der Waals surface area contributed by atoms with Crippen molar-refractivity contribution in [3.8, 4) is 0 Å². The van der Waals surface area contributed by atoms with Crippen LogP contribution >= 0.6 is 0 Å². The SMILES string of the molecule is C=C1CC[C@H]2[C@](C)(CCC[C@]2(C)C(=O)NC)[C@@H]1CCc1ccoc1CN(CC)CC. The predicted octanol–water partition coefficient (Wildman–Crippen LogP) is 5.58. The third kappa shape index (κ3) is 4.12. The Morgan fingerprint density at radius 2 is 2.03 bits per heavy atom. The number of hydrogen-bond donors (Lipinski definition) is 1. The number of furan rings is 1. The van der Waals surface area contributed by atoms with Crippen LogP contribution in [0.5, 0.6) is 0 Å². The Bertz CT molecular complexity index is 750. The number of hydrogen-bond acceptors (Lipinski definition) is 3. The molecule has 2 fully saturated rings. The van der Waals surface area contributed by atoms with Crippen LogP contribution in [0.3, 0.4) is 0 Å². The van der Waals surface area contributed by atoms with E-state index < -0.39 is 0 Å². The molecule has 1 N–H and O–H groups in total. The van der Waals surface area contributed by atoms with Gasteiger partial charge in [0, 0.05) is 12.5 Å². The van der Waals surface area contributed by atoms with Crippen LogP contribution in [0, 0.1) is 22.7 Å². The highest BCUT2D eigenvalue weighted by molar-refractivity contribution is 5.82. The third-order valence-corrected chi connectivity index (χ3v) is 8.57. The van der Waals surface area contributed by atoms with Gasteiger partial charge in [0.1, 0.15) is 5.76 Å². The number of nitrogens with zero attached hydrogens (tertiary/aromatic N) is 1. The van der Waals surface area contributed by atoms with Gasteiger partial charge >= 0.3 is 0 Å². The molecule has 2 aliphatic rings. The topological polar surface area (TPSA) is 45.5 Å². The lowest BCUT2D eigenvalue weighted by Crippen LogP contribution is -2.55. The molecule has 2 saturated carbocycles. The molecule has 4 atom stereocenters. The van der Waals surface area contributed by atoms with Gasteiger partial charge in [0.05, 0.1) is 12.8 Å². The summed E-state index contributed by atoms with van der Waals surface area (Å²) >= 11 is 0. The molecule has 1 amide bonds. The van der Waals surface area contributed by atoms with Crippen molar-refractivity contribution >= 4 is 5.91 Å². The highest BCUT2D eigenvalue weighted by Gasteiger charge is 2.56. The Hall–Kier alpha value is -1.55. The van der Waals surface area contributed by atoms with E-state index in [1.54, 1.807) is 7.05 Å². The van der Waals surface area contributed by atoms with Crippen molar-refractivity contribution < 1.29 is 9.21 Å². The number of carbonyl (C=O) groups is 1. The first-order chi connectivity index (χ1) is 14.3. The van der Waals surface area contributed by atoms with Crippen LogP contribution in [0.2, 0.25) is 0 Å². The predicted molar refractivity (Wildman–Crippen MR) is 123 cm³/mol. The summed E-state index contributed by atoms with van der Waals surface area (Å²) in [6.45, 7) is 16.5. The summed E-state index contributed by atoms with van der Waals surface area (Å²) in [6, 6.07) is 2.15. The monoisotopic (exact) mass is 414 g/mol. The number of fused-ring (bicyclic) bond motifs is 1. The minimum atomic E-state index is -0.260. The molecule has 2 aliphatic carbocycles. The van der Waals surface area contributed by atoms with Gasteiger partial charge in [-0.2, -0.15) is 0 Å². The largest absolute Gasteiger partial charge is 0.468 e. The fraction of sp³-hybridized carbons (Fsp3) is 0.731. The van der Waals surface area contributed by atoms with Gasteiger partial charge in [-0.05, 0) is 80.5 Å². The molecule has 0 unspecified atom stereocenters. The van der Waals surface area contributed by atoms with Crippen molar-refractivity contribution in [2.45, 2.75) is 79.2 Å². The summed E-state index contributed by atoms with van der Waals surface area (Å²) < 4.78 is 5.86. The third-order valence-electron chi connectivity index (χ3n) is 8.57. The van der Waals surface area contributed by atoms with Gasteiger partial charge in [-0.1, -0.05) is 46.3 Å². The molecule has 4 nitrogen and oxygen atoms in total. The highest BCUT2D eigenvalue weighted by atomic mass is 16.3. The van der Waals surface area contributed by atoms with Crippen LogP contribution in [0.1, 0.15) is 77.5 Å². The number of rotatable bonds is 8. The quantitative estimate of drug-likeness (QED) is 0.565. The molecule has 30 heavy (non-hydrogen) atoms. The lowest BCUT2D eigenvalue weighted by Gasteiger charge is -2.58. The Morgan fingerprint density at radius 3 is 2.70 bits per heavy atom. The van der Waals surface area contributed by atoms with Crippen molar-refractivity contribution in [1.29, 1.82) is 0 Å². The minimum absolute atomic E-state index is 0.150. The van der Waals surface area contributed by atoms with Gasteiger partial charge in [-0.15, -0.1) is 0 Å². The van der Waals surface area contributed by atoms with Crippen LogP contribution in [0.4, 0.5) is 0 Å². The molecule has 4 heteroatoms. The standard InChI is InChI=1S/C26H42N2O2/c1-7-28(8-2)18-22-20(14-17-30-22)11-12-21-19(3)10-13-23-25(21,4)15-9-16-26(23,5)24(29)27-6/h14,17,21,23H,3,7-13,15-16,18H2,1-2,4-6H3,(H,27,29)/t21-,23+,25-,26+/m1/s1. The van der Waals surface area contributed by atoms with E-state index in [4.69, 9.17) is 4.42 Å². The second-order valence-corrected chi connectivity index (χ2v) is 10.0. The first-order valence-electron chi connectivity index (χ1n) is 12.0. The molecule has 0 radical (unpaired) electrons. The molecular weight excluding hydrogens is 372 g/mol. The zero-order valence-corrected chi connectivity index (χ0v) is 19.9. The van der Waals surface area contributed by atoms with E-state index in [0.717, 1.165) is 63.9 Å². The van der Waals surface area contributed by atoms with Gasteiger partial charge in [0.2, 0.25) is 5.91 Å². The van der Waals surface area contributed by atoms with Gasteiger partial charge in [0.15, 0.2) is 0 Å². The van der Waals surface area contributed by atoms with Crippen molar-refractivity contribution in [2.75, 3.05) is 20.1 Å². The minimum Gasteiger partial charge on any atom is -0.468 e. The molecule has 3 rings (SSSR count). The summed E-state index contributed by atoms with van der Waals surface area (Å²) in [4.78, 5) is 15.3. The van der Waals surface area contributed by atoms with Crippen LogP contribution in [0.25, 0.3) is 0 Å². The van der Waals surface area contributed by atoms with Gasteiger partial charge < -0.3 is 9.73 Å². The average molecular weight is 415 g/mol. The molecule has 1 aromatic heterocycles. The fourth-order valence-electron chi connectivity index (χ4n) is 6.72. The first kappa shape index (κ1) is 23.1. The Labute approximate surface area is 183 Å². The summed E-state index contributed by atoms with van der Waals surface area (Å²) in [5.74, 6) is 2.23. The van der Waals surface area contributed by atoms with E-state index >= 15 is 0 Å². The normalized spacial score (nSPS) is 31.6. The fourth-order valence-corrected chi connectivity index (χ4v) is 6.72. The average Bonchev–Trinajstić information content (AvgIpc) is 3.17. The van der Waals surface area contributed by atoms with E-state index in [-0.39, 0.29) is 16.7 Å². The smallest absolute Gasteiger partial charge is 0.225 e. The molecule has 1 aromatic rings. The number of carbonyl (C=O) groups excluding carboxylic acids is 1. The van der Waals surface area contributed by atoms with Crippen molar-refractivity contribution in [3.63, 3.8) is 0 Å². The molecule has 0 aliphatic heterocycles. The zero-order valence-electron chi connectivity index (χ0n) is 19.9. The molecule has 1 heterocycles. The summed E-state index contributed by atoms with van der Waals surface area (Å²) in [5, 5.41) is 2.96. The number of amides is 1. The maximum Gasteiger partial charge on any atom is 0.225 e. The lowest BCUT2D eigenvalue weighted by atomic mass is 9.46. The number of allylic oxidation sites excluding steroid dienone is 1. The van der Waals surface area contributed by atoms with E-state index in [2.05, 4.69) is 50.6 Å². The van der Waals surface area contributed by atoms with Crippen LogP contribution in [-0.2, 0) is 17.8 Å². The Balaban J connectivity index is 1.78. The maximum atomic E-state index is 12.9. The maximum absolute atomic E-state index is 12.9. The Kier molecular flexibility index (Phi) is 7.16. The molecule has 0 saturated heterocycles. The van der Waals surface area contributed by atoms with E-state index in [1.807, 2.05) is 6.26 Å². The van der Waals surface area contributed by atoms with Gasteiger partial charge in [-0.3, -0.25) is 9.69 Å². The van der Waals surface area contributed by atoms with Crippen molar-refractivity contribution in [1.82, 2.24) is 10.2 Å². The summed E-state index contributed by atoms with van der Waals surface area (Å²) in [6.07, 6.45) is 9.44. The zero-order chi connectivity index (χ0) is 21.9. The molecule has 168 valence electrons. The second-order valence-electron chi connectivity index (χ2n) is 10.0. The van der Waals surface area contributed by atoms with E-state index in [1.165, 1.54) is 17.6 Å². The van der Waals surface area contributed by atoms with Crippen LogP contribution in [0.15, 0.2) is 28.9 Å². The molecule has 0 bridgehead atoms. The number of nitrogens with one attached hydrogen (secondary N) is 1. The summed E-state index contributed by atoms with van der Waals surface area (Å²) in [7, 11) is 1.79. The summed E-state index contributed by atoms with van der Waals surface area (Å²) in [5.41, 5.74) is 2.62. The van der Waals surface area contributed by atoms with Crippen molar-refractivity contribution in [3.05, 3.63) is 35.8 Å². The molecule has 0 aromatic carbocycles. The second kappa shape index (κ2) is 9.30. The van der Waals surface area contributed by atoms with Gasteiger partial charge in [0.25, 0.3) is 0 Å². The van der Waals surface area contributed by atoms with Crippen LogP contribution in [-0.4, -0.2) is 30.9 Å². The van der Waals surface area contributed by atoms with Crippen molar-refractivity contribution in [2.24, 2.45) is 22.7 Å². The Morgan fingerprint density at radius 1 is 1.30 bits per heavy atom. The number of aryl methyl sites for hydroxylation is 1.